The second-order valence-electron chi connectivity index (χ2n) is 4.97. The first kappa shape index (κ1) is 13.5. The lowest BCUT2D eigenvalue weighted by molar-refractivity contribution is -0.0747. The summed E-state index contributed by atoms with van der Waals surface area (Å²) in [5, 5.41) is 11.6. The van der Waals surface area contributed by atoms with Crippen LogP contribution in [0.5, 0.6) is 0 Å². The first-order valence-electron chi connectivity index (χ1n) is 6.84. The minimum Gasteiger partial charge on any atom is -0.423 e. The van der Waals surface area contributed by atoms with Crippen molar-refractivity contribution >= 4 is 0 Å². The molecule has 1 aliphatic carbocycles. The van der Waals surface area contributed by atoms with E-state index < -0.39 is 0 Å². The molecule has 0 spiro atoms. The van der Waals surface area contributed by atoms with Gasteiger partial charge in [-0.25, -0.2) is 0 Å². The highest BCUT2D eigenvalue weighted by molar-refractivity contribution is 4.99. The van der Waals surface area contributed by atoms with E-state index in [1.807, 2.05) is 0 Å². The Morgan fingerprint density at radius 3 is 2.67 bits per heavy atom. The zero-order valence-electron chi connectivity index (χ0n) is 11.5. The lowest BCUT2D eigenvalue weighted by Crippen LogP contribution is -2.41. The average Bonchev–Trinajstić information content (AvgIpc) is 2.79. The van der Waals surface area contributed by atoms with Gasteiger partial charge in [0.2, 0.25) is 11.8 Å². The van der Waals surface area contributed by atoms with Crippen LogP contribution in [-0.4, -0.2) is 29.5 Å². The highest BCUT2D eigenvalue weighted by Crippen LogP contribution is 2.37. The third-order valence-corrected chi connectivity index (χ3v) is 3.81. The Labute approximate surface area is 108 Å². The van der Waals surface area contributed by atoms with E-state index in [0.29, 0.717) is 11.8 Å². The minimum absolute atomic E-state index is 0.0519. The molecule has 1 fully saturated rings. The van der Waals surface area contributed by atoms with E-state index in [4.69, 9.17) is 9.15 Å². The van der Waals surface area contributed by atoms with Gasteiger partial charge in [-0.15, -0.1) is 10.2 Å². The quantitative estimate of drug-likeness (QED) is 0.807. The van der Waals surface area contributed by atoms with E-state index in [9.17, 15) is 0 Å². The molecule has 0 radical (unpaired) electrons. The van der Waals surface area contributed by atoms with Crippen LogP contribution in [0.15, 0.2) is 4.42 Å². The van der Waals surface area contributed by atoms with Gasteiger partial charge in [-0.2, -0.15) is 0 Å². The van der Waals surface area contributed by atoms with Gasteiger partial charge in [0, 0.05) is 7.11 Å². The Morgan fingerprint density at radius 2 is 2.17 bits per heavy atom. The van der Waals surface area contributed by atoms with E-state index in [2.05, 4.69) is 29.4 Å². The lowest BCUT2D eigenvalue weighted by Gasteiger charge is -2.39. The summed E-state index contributed by atoms with van der Waals surface area (Å²) >= 11 is 0. The molecule has 1 aromatic rings. The van der Waals surface area contributed by atoms with Crippen LogP contribution in [0.3, 0.4) is 0 Å². The normalized spacial score (nSPS) is 19.5. The third kappa shape index (κ3) is 2.72. The molecule has 0 bridgehead atoms. The predicted octanol–water partition coefficient (Wildman–Crippen LogP) is 2.24. The van der Waals surface area contributed by atoms with Crippen molar-refractivity contribution in [2.45, 2.75) is 57.6 Å². The van der Waals surface area contributed by atoms with Crippen molar-refractivity contribution in [3.8, 4) is 0 Å². The standard InChI is InChI=1S/C13H23N3O2/c1-4-10(14-5-2)12-16-15-11(18-12)9-13(17-3)7-6-8-13/h10,14H,4-9H2,1-3H3. The molecule has 1 atom stereocenters. The Hall–Kier alpha value is -0.940. The number of nitrogens with zero attached hydrogens (tertiary/aromatic N) is 2. The number of hydrogen-bond donors (Lipinski definition) is 1. The summed E-state index contributed by atoms with van der Waals surface area (Å²) in [6.07, 6.45) is 5.09. The molecule has 0 aromatic carbocycles. The monoisotopic (exact) mass is 253 g/mol. The molecule has 2 rings (SSSR count). The summed E-state index contributed by atoms with van der Waals surface area (Å²) in [5.74, 6) is 1.39. The Morgan fingerprint density at radius 1 is 1.39 bits per heavy atom. The van der Waals surface area contributed by atoms with Gasteiger partial charge in [0.15, 0.2) is 0 Å². The highest BCUT2D eigenvalue weighted by atomic mass is 16.5. The highest BCUT2D eigenvalue weighted by Gasteiger charge is 2.39. The SMILES string of the molecule is CCNC(CC)c1nnc(CC2(OC)CCC2)o1. The summed E-state index contributed by atoms with van der Waals surface area (Å²) in [7, 11) is 1.77. The van der Waals surface area contributed by atoms with Crippen molar-refractivity contribution in [1.82, 2.24) is 15.5 Å². The maximum atomic E-state index is 5.76. The maximum absolute atomic E-state index is 5.76. The molecule has 102 valence electrons. The van der Waals surface area contributed by atoms with E-state index in [0.717, 1.165) is 32.2 Å². The van der Waals surface area contributed by atoms with Crippen molar-refractivity contribution in [2.75, 3.05) is 13.7 Å². The third-order valence-electron chi connectivity index (χ3n) is 3.81. The zero-order valence-corrected chi connectivity index (χ0v) is 11.5. The number of aromatic nitrogens is 2. The van der Waals surface area contributed by atoms with Crippen LogP contribution in [-0.2, 0) is 11.2 Å². The van der Waals surface area contributed by atoms with Gasteiger partial charge in [0.1, 0.15) is 0 Å². The molecule has 1 aromatic heterocycles. The number of methoxy groups -OCH3 is 1. The molecular weight excluding hydrogens is 230 g/mol. The summed E-state index contributed by atoms with van der Waals surface area (Å²) in [6.45, 7) is 5.09. The molecule has 5 heteroatoms. The maximum Gasteiger partial charge on any atom is 0.233 e. The summed E-state index contributed by atoms with van der Waals surface area (Å²) < 4.78 is 11.3. The van der Waals surface area contributed by atoms with Crippen molar-refractivity contribution in [3.05, 3.63) is 11.8 Å². The van der Waals surface area contributed by atoms with Crippen LogP contribution in [0, 0.1) is 0 Å². The van der Waals surface area contributed by atoms with Gasteiger partial charge in [0.25, 0.3) is 0 Å². The van der Waals surface area contributed by atoms with Crippen LogP contribution < -0.4 is 5.32 Å². The van der Waals surface area contributed by atoms with Crippen LogP contribution in [0.2, 0.25) is 0 Å². The minimum atomic E-state index is -0.0519. The molecular formula is C13H23N3O2. The Balaban J connectivity index is 2.01. The van der Waals surface area contributed by atoms with Crippen LogP contribution in [0.1, 0.15) is 57.4 Å². The number of hydrogen-bond acceptors (Lipinski definition) is 5. The first-order chi connectivity index (χ1) is 8.73. The second kappa shape index (κ2) is 5.80. The van der Waals surface area contributed by atoms with Gasteiger partial charge in [0.05, 0.1) is 18.1 Å². The lowest BCUT2D eigenvalue weighted by atomic mass is 9.77. The number of rotatable bonds is 7. The first-order valence-corrected chi connectivity index (χ1v) is 6.84. The average molecular weight is 253 g/mol. The van der Waals surface area contributed by atoms with E-state index in [-0.39, 0.29) is 11.6 Å². The molecule has 1 unspecified atom stereocenters. The largest absolute Gasteiger partial charge is 0.423 e. The van der Waals surface area contributed by atoms with Crippen LogP contribution in [0.4, 0.5) is 0 Å². The van der Waals surface area contributed by atoms with Gasteiger partial charge in [-0.1, -0.05) is 13.8 Å². The molecule has 18 heavy (non-hydrogen) atoms. The predicted molar refractivity (Wildman–Crippen MR) is 68.3 cm³/mol. The Bertz CT molecular complexity index is 369. The van der Waals surface area contributed by atoms with Gasteiger partial charge < -0.3 is 14.5 Å². The van der Waals surface area contributed by atoms with Crippen molar-refractivity contribution in [3.63, 3.8) is 0 Å². The molecule has 1 N–H and O–H groups in total. The second-order valence-corrected chi connectivity index (χ2v) is 4.97. The summed E-state index contributed by atoms with van der Waals surface area (Å²) in [5.41, 5.74) is -0.0519. The fourth-order valence-electron chi connectivity index (χ4n) is 2.43. The van der Waals surface area contributed by atoms with Crippen LogP contribution in [0.25, 0.3) is 0 Å². The van der Waals surface area contributed by atoms with Crippen molar-refractivity contribution in [1.29, 1.82) is 0 Å². The fourth-order valence-corrected chi connectivity index (χ4v) is 2.43. The van der Waals surface area contributed by atoms with E-state index in [1.165, 1.54) is 6.42 Å². The fraction of sp³-hybridized carbons (Fsp3) is 0.846. The molecule has 1 aliphatic rings. The Kier molecular flexibility index (Phi) is 4.35. The van der Waals surface area contributed by atoms with Crippen LogP contribution >= 0.6 is 0 Å². The van der Waals surface area contributed by atoms with Crippen molar-refractivity contribution in [2.24, 2.45) is 0 Å². The molecule has 0 saturated heterocycles. The molecule has 1 heterocycles. The summed E-state index contributed by atoms with van der Waals surface area (Å²) in [6, 6.07) is 0.163. The zero-order chi connectivity index (χ0) is 13.0. The smallest absolute Gasteiger partial charge is 0.233 e. The van der Waals surface area contributed by atoms with Crippen molar-refractivity contribution < 1.29 is 9.15 Å². The molecule has 1 saturated carbocycles. The van der Waals surface area contributed by atoms with Gasteiger partial charge >= 0.3 is 0 Å². The topological polar surface area (TPSA) is 60.2 Å². The molecule has 5 nitrogen and oxygen atoms in total. The van der Waals surface area contributed by atoms with Gasteiger partial charge in [-0.3, -0.25) is 0 Å². The number of ether oxygens (including phenoxy) is 1. The number of nitrogens with one attached hydrogen (secondary N) is 1. The van der Waals surface area contributed by atoms with E-state index >= 15 is 0 Å². The summed E-state index contributed by atoms with van der Waals surface area (Å²) in [4.78, 5) is 0. The molecule has 0 amide bonds. The van der Waals surface area contributed by atoms with E-state index in [1.54, 1.807) is 7.11 Å². The van der Waals surface area contributed by atoms with Gasteiger partial charge in [-0.05, 0) is 32.2 Å². The molecule has 0 aliphatic heterocycles.